The summed E-state index contributed by atoms with van der Waals surface area (Å²) in [6.07, 6.45) is 1.69. The summed E-state index contributed by atoms with van der Waals surface area (Å²) in [4.78, 5) is 13.2. The molecule has 1 aromatic carbocycles. The Labute approximate surface area is 117 Å². The van der Waals surface area contributed by atoms with E-state index in [2.05, 4.69) is 4.90 Å². The molecule has 2 rings (SSSR count). The zero-order chi connectivity index (χ0) is 13.8. The molecule has 0 bridgehead atoms. The molecule has 104 valence electrons. The Morgan fingerprint density at radius 1 is 1.58 bits per heavy atom. The van der Waals surface area contributed by atoms with E-state index in [1.807, 2.05) is 12.1 Å². The number of benzene rings is 1. The molecule has 0 spiro atoms. The summed E-state index contributed by atoms with van der Waals surface area (Å²) in [7, 11) is 1.62. The molecule has 1 aromatic rings. The lowest BCUT2D eigenvalue weighted by atomic mass is 9.98. The van der Waals surface area contributed by atoms with Crippen LogP contribution in [0.3, 0.4) is 0 Å². The van der Waals surface area contributed by atoms with E-state index in [1.165, 1.54) is 0 Å². The number of likely N-dealkylation sites (tertiary alicyclic amines) is 1. The van der Waals surface area contributed by atoms with E-state index < -0.39 is 5.97 Å². The van der Waals surface area contributed by atoms with Crippen LogP contribution in [-0.4, -0.2) is 36.2 Å². The third-order valence-electron chi connectivity index (χ3n) is 3.50. The van der Waals surface area contributed by atoms with E-state index in [1.54, 1.807) is 13.2 Å². The zero-order valence-electron chi connectivity index (χ0n) is 10.9. The molecule has 0 aliphatic carbocycles. The monoisotopic (exact) mass is 283 g/mol. The lowest BCUT2D eigenvalue weighted by Gasteiger charge is -2.30. The van der Waals surface area contributed by atoms with E-state index in [0.29, 0.717) is 18.1 Å². The van der Waals surface area contributed by atoms with Crippen molar-refractivity contribution in [2.24, 2.45) is 5.92 Å². The Balaban J connectivity index is 2.06. The first-order valence-electron chi connectivity index (χ1n) is 6.37. The first-order valence-corrected chi connectivity index (χ1v) is 6.75. The number of carboxylic acids is 1. The van der Waals surface area contributed by atoms with Crippen LogP contribution < -0.4 is 4.74 Å². The summed E-state index contributed by atoms with van der Waals surface area (Å²) in [6.45, 7) is 2.22. The molecule has 1 N–H and O–H groups in total. The van der Waals surface area contributed by atoms with Crippen LogP contribution in [0.15, 0.2) is 18.2 Å². The van der Waals surface area contributed by atoms with Gasteiger partial charge < -0.3 is 9.84 Å². The molecule has 1 aliphatic rings. The fourth-order valence-electron chi connectivity index (χ4n) is 2.49. The minimum absolute atomic E-state index is 0.257. The van der Waals surface area contributed by atoms with Gasteiger partial charge in [-0.2, -0.15) is 0 Å². The van der Waals surface area contributed by atoms with Crippen LogP contribution >= 0.6 is 11.6 Å². The molecule has 1 saturated heterocycles. The predicted molar refractivity (Wildman–Crippen MR) is 73.6 cm³/mol. The molecule has 4 nitrogen and oxygen atoms in total. The first-order chi connectivity index (χ1) is 9.10. The highest BCUT2D eigenvalue weighted by molar-refractivity contribution is 6.30. The summed E-state index contributed by atoms with van der Waals surface area (Å²) >= 11 is 5.93. The van der Waals surface area contributed by atoms with Crippen molar-refractivity contribution in [1.29, 1.82) is 0 Å². The Morgan fingerprint density at radius 2 is 2.37 bits per heavy atom. The fraction of sp³-hybridized carbons (Fsp3) is 0.500. The second kappa shape index (κ2) is 6.26. The maximum Gasteiger partial charge on any atom is 0.307 e. The molecular formula is C14H18ClNO3. The van der Waals surface area contributed by atoms with Crippen LogP contribution in [0.4, 0.5) is 0 Å². The molecular weight excluding hydrogens is 266 g/mol. The topological polar surface area (TPSA) is 49.8 Å². The maximum atomic E-state index is 11.1. The summed E-state index contributed by atoms with van der Waals surface area (Å²) in [5, 5.41) is 9.73. The van der Waals surface area contributed by atoms with Gasteiger partial charge in [0, 0.05) is 23.7 Å². The molecule has 0 radical (unpaired) electrons. The Hall–Kier alpha value is -1.26. The summed E-state index contributed by atoms with van der Waals surface area (Å²) < 4.78 is 5.31. The molecule has 5 heteroatoms. The smallest absolute Gasteiger partial charge is 0.307 e. The molecule has 1 fully saturated rings. The number of carboxylic acid groups (broad SMARTS) is 1. The highest BCUT2D eigenvalue weighted by Crippen LogP contribution is 2.26. The number of hydrogen-bond acceptors (Lipinski definition) is 3. The average molecular weight is 284 g/mol. The van der Waals surface area contributed by atoms with Crippen molar-refractivity contribution in [2.75, 3.05) is 20.2 Å². The van der Waals surface area contributed by atoms with Gasteiger partial charge in [-0.3, -0.25) is 9.69 Å². The van der Waals surface area contributed by atoms with Gasteiger partial charge in [0.25, 0.3) is 0 Å². The van der Waals surface area contributed by atoms with Crippen LogP contribution in [0.25, 0.3) is 0 Å². The second-order valence-corrected chi connectivity index (χ2v) is 5.31. The largest absolute Gasteiger partial charge is 0.496 e. The van der Waals surface area contributed by atoms with Crippen molar-refractivity contribution in [3.8, 4) is 5.75 Å². The second-order valence-electron chi connectivity index (χ2n) is 4.87. The number of rotatable bonds is 4. The average Bonchev–Trinajstić information content (AvgIpc) is 2.41. The van der Waals surface area contributed by atoms with Crippen LogP contribution in [0.1, 0.15) is 18.4 Å². The highest BCUT2D eigenvalue weighted by atomic mass is 35.5. The lowest BCUT2D eigenvalue weighted by molar-refractivity contribution is -0.143. The fourth-order valence-corrected chi connectivity index (χ4v) is 2.65. The molecule has 0 aromatic heterocycles. The minimum atomic E-state index is -0.701. The van der Waals surface area contributed by atoms with Gasteiger partial charge in [-0.15, -0.1) is 0 Å². The molecule has 0 amide bonds. The molecule has 19 heavy (non-hydrogen) atoms. The molecule has 1 heterocycles. The number of ether oxygens (including phenoxy) is 1. The summed E-state index contributed by atoms with van der Waals surface area (Å²) in [5.41, 5.74) is 1.04. The SMILES string of the molecule is COc1cc(Cl)ccc1CN1CCCC(C(=O)O)C1. The number of piperidine rings is 1. The molecule has 0 saturated carbocycles. The van der Waals surface area contributed by atoms with Gasteiger partial charge >= 0.3 is 5.97 Å². The van der Waals surface area contributed by atoms with Crippen molar-refractivity contribution in [1.82, 2.24) is 4.90 Å². The van der Waals surface area contributed by atoms with Crippen molar-refractivity contribution < 1.29 is 14.6 Å². The van der Waals surface area contributed by atoms with E-state index >= 15 is 0 Å². The molecule has 1 unspecified atom stereocenters. The normalized spacial score (nSPS) is 20.2. The van der Waals surface area contributed by atoms with E-state index in [-0.39, 0.29) is 5.92 Å². The highest BCUT2D eigenvalue weighted by Gasteiger charge is 2.25. The third kappa shape index (κ3) is 3.61. The number of carbonyl (C=O) groups is 1. The summed E-state index contributed by atoms with van der Waals surface area (Å²) in [5.74, 6) is -0.204. The Kier molecular flexibility index (Phi) is 4.66. The van der Waals surface area contributed by atoms with E-state index in [0.717, 1.165) is 30.7 Å². The summed E-state index contributed by atoms with van der Waals surface area (Å²) in [6, 6.07) is 5.55. The van der Waals surface area contributed by atoms with Crippen molar-refractivity contribution >= 4 is 17.6 Å². The van der Waals surface area contributed by atoms with Crippen LogP contribution in [-0.2, 0) is 11.3 Å². The molecule has 1 aliphatic heterocycles. The van der Waals surface area contributed by atoms with Crippen LogP contribution in [0, 0.1) is 5.92 Å². The van der Waals surface area contributed by atoms with Crippen LogP contribution in [0.2, 0.25) is 5.02 Å². The van der Waals surface area contributed by atoms with E-state index in [9.17, 15) is 4.79 Å². The quantitative estimate of drug-likeness (QED) is 0.923. The van der Waals surface area contributed by atoms with Gasteiger partial charge in [-0.25, -0.2) is 0 Å². The number of nitrogens with zero attached hydrogens (tertiary/aromatic N) is 1. The van der Waals surface area contributed by atoms with Crippen LogP contribution in [0.5, 0.6) is 5.75 Å². The number of aliphatic carboxylic acids is 1. The standard InChI is InChI=1S/C14H18ClNO3/c1-19-13-7-12(15)5-4-10(13)8-16-6-2-3-11(9-16)14(17)18/h4-5,7,11H,2-3,6,8-9H2,1H3,(H,17,18). The van der Waals surface area contributed by atoms with E-state index in [4.69, 9.17) is 21.4 Å². The Morgan fingerprint density at radius 3 is 3.05 bits per heavy atom. The maximum absolute atomic E-state index is 11.1. The van der Waals surface area contributed by atoms with Gasteiger partial charge in [-0.1, -0.05) is 17.7 Å². The van der Waals surface area contributed by atoms with Crippen molar-refractivity contribution in [3.63, 3.8) is 0 Å². The third-order valence-corrected chi connectivity index (χ3v) is 3.73. The van der Waals surface area contributed by atoms with Crippen molar-refractivity contribution in [3.05, 3.63) is 28.8 Å². The zero-order valence-corrected chi connectivity index (χ0v) is 11.7. The minimum Gasteiger partial charge on any atom is -0.496 e. The first kappa shape index (κ1) is 14.2. The van der Waals surface area contributed by atoms with Gasteiger partial charge in [-0.05, 0) is 31.5 Å². The van der Waals surface area contributed by atoms with Gasteiger partial charge in [0.1, 0.15) is 5.75 Å². The number of hydrogen-bond donors (Lipinski definition) is 1. The lowest BCUT2D eigenvalue weighted by Crippen LogP contribution is -2.38. The number of halogens is 1. The molecule has 1 atom stereocenters. The van der Waals surface area contributed by atoms with Gasteiger partial charge in [0.15, 0.2) is 0 Å². The van der Waals surface area contributed by atoms with Crippen molar-refractivity contribution in [2.45, 2.75) is 19.4 Å². The van der Waals surface area contributed by atoms with Gasteiger partial charge in [0.05, 0.1) is 13.0 Å². The predicted octanol–water partition coefficient (Wildman–Crippen LogP) is 2.65. The Bertz CT molecular complexity index is 464. The number of methoxy groups -OCH3 is 1. The van der Waals surface area contributed by atoms with Gasteiger partial charge in [0.2, 0.25) is 0 Å².